The van der Waals surface area contributed by atoms with E-state index < -0.39 is 0 Å². The van der Waals surface area contributed by atoms with E-state index in [4.69, 9.17) is 4.74 Å². The lowest BCUT2D eigenvalue weighted by Crippen LogP contribution is -2.58. The second kappa shape index (κ2) is 9.61. The average molecular weight is 390 g/mol. The molecule has 4 rings (SSSR count). The molecular weight excluding hydrogens is 354 g/mol. The van der Waals surface area contributed by atoms with Crippen LogP contribution in [0.1, 0.15) is 44.9 Å². The van der Waals surface area contributed by atoms with Crippen molar-refractivity contribution in [3.05, 3.63) is 0 Å². The van der Waals surface area contributed by atoms with Gasteiger partial charge in [-0.05, 0) is 31.6 Å². The average Bonchev–Trinajstić information content (AvgIpc) is 3.32. The van der Waals surface area contributed by atoms with Gasteiger partial charge >= 0.3 is 0 Å². The first-order valence-electron chi connectivity index (χ1n) is 10.2. The molecule has 0 spiro atoms. The minimum absolute atomic E-state index is 0. The third kappa shape index (κ3) is 4.67. The number of rotatable bonds is 5. The normalized spacial score (nSPS) is 36.2. The molecule has 2 saturated carbocycles. The van der Waals surface area contributed by atoms with Gasteiger partial charge in [-0.3, -0.25) is 4.90 Å². The molecule has 146 valence electrons. The third-order valence-electron chi connectivity index (χ3n) is 6.95. The minimum atomic E-state index is 0. The summed E-state index contributed by atoms with van der Waals surface area (Å²) in [6.45, 7) is 6.65. The Hall–Kier alpha value is 0.480. The van der Waals surface area contributed by atoms with Crippen LogP contribution in [0, 0.1) is 5.92 Å². The molecule has 2 heterocycles. The van der Waals surface area contributed by atoms with Crippen LogP contribution >= 0.6 is 24.2 Å². The van der Waals surface area contributed by atoms with Crippen LogP contribution < -0.4 is 10.6 Å². The monoisotopic (exact) mass is 389 g/mol. The van der Waals surface area contributed by atoms with E-state index in [0.717, 1.165) is 25.7 Å². The van der Waals surface area contributed by atoms with Gasteiger partial charge in [-0.2, -0.15) is 11.8 Å². The van der Waals surface area contributed by atoms with Gasteiger partial charge in [-0.25, -0.2) is 0 Å². The number of hydrogen-bond acceptors (Lipinski definition) is 5. The zero-order valence-corrected chi connectivity index (χ0v) is 17.1. The second-order valence-corrected chi connectivity index (χ2v) is 9.47. The molecule has 0 aromatic carbocycles. The summed E-state index contributed by atoms with van der Waals surface area (Å²) >= 11 is 2.13. The van der Waals surface area contributed by atoms with Crippen LogP contribution in [-0.2, 0) is 4.74 Å². The van der Waals surface area contributed by atoms with Gasteiger partial charge in [0.25, 0.3) is 0 Å². The van der Waals surface area contributed by atoms with E-state index in [9.17, 15) is 0 Å². The lowest BCUT2D eigenvalue weighted by molar-refractivity contribution is 0.0490. The van der Waals surface area contributed by atoms with E-state index in [1.165, 1.54) is 76.1 Å². The first-order valence-corrected chi connectivity index (χ1v) is 11.4. The van der Waals surface area contributed by atoms with Gasteiger partial charge in [-0.1, -0.05) is 19.3 Å². The van der Waals surface area contributed by atoms with Crippen LogP contribution in [-0.4, -0.2) is 73.4 Å². The van der Waals surface area contributed by atoms with E-state index in [2.05, 4.69) is 27.3 Å². The number of nitrogens with one attached hydrogen (secondary N) is 2. The van der Waals surface area contributed by atoms with E-state index in [1.807, 2.05) is 0 Å². The smallest absolute Gasteiger partial charge is 0.0623 e. The Morgan fingerprint density at radius 2 is 1.92 bits per heavy atom. The zero-order chi connectivity index (χ0) is 16.2. The molecule has 2 saturated heterocycles. The number of thioether (sulfide) groups is 1. The Labute approximate surface area is 164 Å². The van der Waals surface area contributed by atoms with E-state index in [1.54, 1.807) is 0 Å². The quantitative estimate of drug-likeness (QED) is 0.755. The Balaban J connectivity index is 0.00000182. The van der Waals surface area contributed by atoms with Crippen LogP contribution in [0.25, 0.3) is 0 Å². The maximum atomic E-state index is 5.73. The number of morpholine rings is 1. The summed E-state index contributed by atoms with van der Waals surface area (Å²) in [6, 6.07) is 1.27. The molecule has 2 aliphatic carbocycles. The molecule has 2 N–H and O–H groups in total. The number of ether oxygens (including phenoxy) is 1. The maximum Gasteiger partial charge on any atom is 0.0623 e. The first kappa shape index (κ1) is 20.2. The molecule has 0 aromatic heterocycles. The van der Waals surface area contributed by atoms with Gasteiger partial charge in [0.1, 0.15) is 0 Å². The fraction of sp³-hybridized carbons (Fsp3) is 1.00. The van der Waals surface area contributed by atoms with Gasteiger partial charge in [0.05, 0.1) is 13.2 Å². The van der Waals surface area contributed by atoms with E-state index in [0.29, 0.717) is 17.6 Å². The summed E-state index contributed by atoms with van der Waals surface area (Å²) in [6.07, 6.45) is 9.78. The van der Waals surface area contributed by atoms with Gasteiger partial charge < -0.3 is 15.4 Å². The Kier molecular flexibility index (Phi) is 7.77. The van der Waals surface area contributed by atoms with Gasteiger partial charge in [-0.15, -0.1) is 12.4 Å². The molecule has 4 fully saturated rings. The Morgan fingerprint density at radius 3 is 2.64 bits per heavy atom. The molecule has 3 atom stereocenters. The minimum Gasteiger partial charge on any atom is -0.379 e. The summed E-state index contributed by atoms with van der Waals surface area (Å²) in [5.41, 5.74) is 0.463. The lowest BCUT2D eigenvalue weighted by Gasteiger charge is -2.45. The van der Waals surface area contributed by atoms with Crippen LogP contribution in [0.3, 0.4) is 0 Å². The van der Waals surface area contributed by atoms with Crippen LogP contribution in [0.2, 0.25) is 0 Å². The van der Waals surface area contributed by atoms with Crippen molar-refractivity contribution in [3.8, 4) is 0 Å². The predicted octanol–water partition coefficient (Wildman–Crippen LogP) is 2.52. The molecular formula is C19H36ClN3OS. The standard InChI is InChI=1S/C19H35N3OS.ClH/c1-2-7-19(6-1,22-9-12-24-13-10-22)15-21-17-5-3-4-16(17)18-14-23-11-8-20-18;/h16-18,20-21H,1-15H2;1H. The highest BCUT2D eigenvalue weighted by Crippen LogP contribution is 2.37. The summed E-state index contributed by atoms with van der Waals surface area (Å²) in [5.74, 6) is 3.43. The molecule has 4 aliphatic rings. The lowest BCUT2D eigenvalue weighted by atomic mass is 9.91. The van der Waals surface area contributed by atoms with Gasteiger partial charge in [0.15, 0.2) is 0 Å². The number of halogens is 1. The molecule has 0 aromatic rings. The van der Waals surface area contributed by atoms with Crippen molar-refractivity contribution in [1.82, 2.24) is 15.5 Å². The first-order chi connectivity index (χ1) is 11.9. The Bertz CT molecular complexity index is 396. The van der Waals surface area contributed by atoms with Crippen LogP contribution in [0.4, 0.5) is 0 Å². The van der Waals surface area contributed by atoms with E-state index >= 15 is 0 Å². The van der Waals surface area contributed by atoms with Crippen molar-refractivity contribution in [2.75, 3.05) is 50.9 Å². The van der Waals surface area contributed by atoms with E-state index in [-0.39, 0.29) is 12.4 Å². The highest BCUT2D eigenvalue weighted by Gasteiger charge is 2.42. The fourth-order valence-electron chi connectivity index (χ4n) is 5.58. The SMILES string of the molecule is C1CC(NCC2(N3CCSCC3)CCCC2)C(C2COCCN2)C1.Cl. The molecule has 2 aliphatic heterocycles. The summed E-state index contributed by atoms with van der Waals surface area (Å²) in [7, 11) is 0. The maximum absolute atomic E-state index is 5.73. The summed E-state index contributed by atoms with van der Waals surface area (Å²) in [4.78, 5) is 2.84. The zero-order valence-electron chi connectivity index (χ0n) is 15.5. The van der Waals surface area contributed by atoms with Gasteiger partial charge in [0.2, 0.25) is 0 Å². The molecule has 0 amide bonds. The molecule has 3 unspecified atom stereocenters. The van der Waals surface area contributed by atoms with Crippen LogP contribution in [0.5, 0.6) is 0 Å². The second-order valence-electron chi connectivity index (χ2n) is 8.25. The van der Waals surface area contributed by atoms with Crippen LogP contribution in [0.15, 0.2) is 0 Å². The van der Waals surface area contributed by atoms with Crippen molar-refractivity contribution in [2.45, 2.75) is 62.6 Å². The topological polar surface area (TPSA) is 36.5 Å². The molecule has 4 nitrogen and oxygen atoms in total. The predicted molar refractivity (Wildman–Crippen MR) is 109 cm³/mol. The largest absolute Gasteiger partial charge is 0.379 e. The Morgan fingerprint density at radius 1 is 1.12 bits per heavy atom. The van der Waals surface area contributed by atoms with Crippen molar-refractivity contribution in [2.24, 2.45) is 5.92 Å². The molecule has 0 radical (unpaired) electrons. The number of nitrogens with zero attached hydrogens (tertiary/aromatic N) is 1. The van der Waals surface area contributed by atoms with Crippen molar-refractivity contribution in [3.63, 3.8) is 0 Å². The number of hydrogen-bond donors (Lipinski definition) is 2. The van der Waals surface area contributed by atoms with Crippen molar-refractivity contribution >= 4 is 24.2 Å². The van der Waals surface area contributed by atoms with Gasteiger partial charge in [0, 0.05) is 55.3 Å². The third-order valence-corrected chi connectivity index (χ3v) is 7.89. The van der Waals surface area contributed by atoms with Crippen molar-refractivity contribution in [1.29, 1.82) is 0 Å². The fourth-order valence-corrected chi connectivity index (χ4v) is 6.48. The molecule has 6 heteroatoms. The highest BCUT2D eigenvalue weighted by atomic mass is 35.5. The molecule has 0 bridgehead atoms. The highest BCUT2D eigenvalue weighted by molar-refractivity contribution is 7.99. The summed E-state index contributed by atoms with van der Waals surface area (Å²) in [5, 5.41) is 7.78. The molecule has 25 heavy (non-hydrogen) atoms. The summed E-state index contributed by atoms with van der Waals surface area (Å²) < 4.78 is 5.73. The van der Waals surface area contributed by atoms with Crippen molar-refractivity contribution < 1.29 is 4.74 Å².